The van der Waals surface area contributed by atoms with Crippen LogP contribution in [-0.4, -0.2) is 31.6 Å². The summed E-state index contributed by atoms with van der Waals surface area (Å²) in [6, 6.07) is 0. The van der Waals surface area contributed by atoms with Crippen molar-refractivity contribution in [1.29, 1.82) is 0 Å². The third-order valence-corrected chi connectivity index (χ3v) is 4.69. The van der Waals surface area contributed by atoms with Crippen LogP contribution >= 0.6 is 0 Å². The number of ketones is 1. The van der Waals surface area contributed by atoms with Crippen LogP contribution < -0.4 is 0 Å². The molecule has 114 valence electrons. The van der Waals surface area contributed by atoms with Crippen molar-refractivity contribution in [2.75, 3.05) is 19.8 Å². The Balaban J connectivity index is 2.21. The predicted molar refractivity (Wildman–Crippen MR) is 75.2 cm³/mol. The number of hydrogen-bond acceptors (Lipinski definition) is 4. The highest BCUT2D eigenvalue weighted by molar-refractivity contribution is 6.07. The minimum Gasteiger partial charge on any atom is -0.465 e. The van der Waals surface area contributed by atoms with Crippen LogP contribution in [0.2, 0.25) is 0 Å². The average molecular weight is 282 g/mol. The van der Waals surface area contributed by atoms with Crippen molar-refractivity contribution >= 4 is 11.8 Å². The van der Waals surface area contributed by atoms with Crippen molar-refractivity contribution in [1.82, 2.24) is 0 Å². The van der Waals surface area contributed by atoms with Gasteiger partial charge in [0.15, 0.2) is 5.78 Å². The largest absolute Gasteiger partial charge is 0.465 e. The lowest BCUT2D eigenvalue weighted by molar-refractivity contribution is -0.188. The standard InChI is InChI=1S/C16H26O4/c1-5-20-13(18)16(12(17)14(2,3)4)10-15(11-16)6-8-19-9-7-15/h5-11H2,1-4H3. The highest BCUT2D eigenvalue weighted by atomic mass is 16.5. The number of carbonyl (C=O) groups is 2. The van der Waals surface area contributed by atoms with E-state index in [0.717, 1.165) is 26.1 Å². The van der Waals surface area contributed by atoms with Gasteiger partial charge in [-0.1, -0.05) is 20.8 Å². The van der Waals surface area contributed by atoms with Crippen LogP contribution in [0.15, 0.2) is 0 Å². The molecule has 1 saturated carbocycles. The van der Waals surface area contributed by atoms with Gasteiger partial charge in [-0.3, -0.25) is 9.59 Å². The third kappa shape index (κ3) is 2.50. The van der Waals surface area contributed by atoms with Crippen molar-refractivity contribution in [3.8, 4) is 0 Å². The van der Waals surface area contributed by atoms with Crippen LogP contribution in [0.4, 0.5) is 0 Å². The van der Waals surface area contributed by atoms with Gasteiger partial charge in [-0.2, -0.15) is 0 Å². The van der Waals surface area contributed by atoms with E-state index in [4.69, 9.17) is 9.47 Å². The van der Waals surface area contributed by atoms with Crippen molar-refractivity contribution < 1.29 is 19.1 Å². The van der Waals surface area contributed by atoms with Gasteiger partial charge in [0.1, 0.15) is 5.41 Å². The highest BCUT2D eigenvalue weighted by Crippen LogP contribution is 2.61. The zero-order valence-corrected chi connectivity index (χ0v) is 13.1. The molecule has 2 rings (SSSR count). The van der Waals surface area contributed by atoms with E-state index in [1.165, 1.54) is 0 Å². The smallest absolute Gasteiger partial charge is 0.319 e. The first-order chi connectivity index (χ1) is 9.26. The Morgan fingerprint density at radius 2 is 1.70 bits per heavy atom. The quantitative estimate of drug-likeness (QED) is 0.590. The molecule has 0 radical (unpaired) electrons. The van der Waals surface area contributed by atoms with Crippen LogP contribution in [0, 0.1) is 16.2 Å². The number of ether oxygens (including phenoxy) is 2. The lowest BCUT2D eigenvalue weighted by Crippen LogP contribution is -2.60. The maximum Gasteiger partial charge on any atom is 0.319 e. The second-order valence-corrected chi connectivity index (χ2v) is 7.35. The molecule has 0 unspecified atom stereocenters. The molecule has 0 aromatic rings. The first kappa shape index (κ1) is 15.5. The predicted octanol–water partition coefficient (Wildman–Crippen LogP) is 2.74. The monoisotopic (exact) mass is 282 g/mol. The van der Waals surface area contributed by atoms with E-state index in [0.29, 0.717) is 19.4 Å². The molecular weight excluding hydrogens is 256 g/mol. The van der Waals surface area contributed by atoms with Crippen molar-refractivity contribution in [3.05, 3.63) is 0 Å². The molecule has 0 atom stereocenters. The van der Waals surface area contributed by atoms with E-state index in [9.17, 15) is 9.59 Å². The topological polar surface area (TPSA) is 52.6 Å². The molecule has 2 aliphatic rings. The van der Waals surface area contributed by atoms with Crippen LogP contribution in [0.3, 0.4) is 0 Å². The molecule has 0 N–H and O–H groups in total. The summed E-state index contributed by atoms with van der Waals surface area (Å²) in [7, 11) is 0. The molecule has 1 spiro atoms. The first-order valence-corrected chi connectivity index (χ1v) is 7.56. The number of Topliss-reactive ketones (excluding diaryl/α,β-unsaturated/α-hetero) is 1. The van der Waals surface area contributed by atoms with Gasteiger partial charge >= 0.3 is 5.97 Å². The number of rotatable bonds is 3. The van der Waals surface area contributed by atoms with Gasteiger partial charge in [0.25, 0.3) is 0 Å². The maximum atomic E-state index is 12.8. The fraction of sp³-hybridized carbons (Fsp3) is 0.875. The minimum atomic E-state index is -0.911. The molecule has 0 aromatic carbocycles. The lowest BCUT2D eigenvalue weighted by Gasteiger charge is -2.56. The second kappa shape index (κ2) is 5.14. The Kier molecular flexibility index (Phi) is 3.98. The molecule has 4 nitrogen and oxygen atoms in total. The van der Waals surface area contributed by atoms with Gasteiger partial charge in [0, 0.05) is 18.6 Å². The summed E-state index contributed by atoms with van der Waals surface area (Å²) in [6.45, 7) is 9.23. The SMILES string of the molecule is CCOC(=O)C1(C(=O)C(C)(C)C)CC2(CCOCC2)C1. The van der Waals surface area contributed by atoms with Gasteiger partial charge in [0.05, 0.1) is 6.61 Å². The normalized spacial score (nSPS) is 24.0. The molecule has 2 fully saturated rings. The Morgan fingerprint density at radius 1 is 1.15 bits per heavy atom. The summed E-state index contributed by atoms with van der Waals surface area (Å²) >= 11 is 0. The summed E-state index contributed by atoms with van der Waals surface area (Å²) in [6.07, 6.45) is 3.17. The zero-order valence-electron chi connectivity index (χ0n) is 13.1. The molecule has 4 heteroatoms. The van der Waals surface area contributed by atoms with Gasteiger partial charge in [0.2, 0.25) is 0 Å². The van der Waals surface area contributed by atoms with Gasteiger partial charge in [-0.25, -0.2) is 0 Å². The molecule has 0 amide bonds. The van der Waals surface area contributed by atoms with Crippen molar-refractivity contribution in [3.63, 3.8) is 0 Å². The lowest BCUT2D eigenvalue weighted by atomic mass is 9.46. The van der Waals surface area contributed by atoms with E-state index < -0.39 is 10.8 Å². The van der Waals surface area contributed by atoms with Gasteiger partial charge < -0.3 is 9.47 Å². The first-order valence-electron chi connectivity index (χ1n) is 7.56. The minimum absolute atomic E-state index is 0.0283. The zero-order chi connectivity index (χ0) is 15.0. The summed E-state index contributed by atoms with van der Waals surface area (Å²) in [5, 5.41) is 0. The van der Waals surface area contributed by atoms with Crippen LogP contribution in [0.5, 0.6) is 0 Å². The Bertz CT molecular complexity index is 391. The average Bonchev–Trinajstić information content (AvgIpc) is 2.34. The number of carbonyl (C=O) groups excluding carboxylic acids is 2. The van der Waals surface area contributed by atoms with E-state index in [1.807, 2.05) is 20.8 Å². The molecule has 0 bridgehead atoms. The van der Waals surface area contributed by atoms with E-state index in [1.54, 1.807) is 6.92 Å². The summed E-state index contributed by atoms with van der Waals surface area (Å²) in [5.41, 5.74) is -1.31. The van der Waals surface area contributed by atoms with E-state index in [2.05, 4.69) is 0 Å². The molecule has 20 heavy (non-hydrogen) atoms. The fourth-order valence-electron chi connectivity index (χ4n) is 3.77. The number of hydrogen-bond donors (Lipinski definition) is 0. The number of esters is 1. The molecule has 1 heterocycles. The van der Waals surface area contributed by atoms with Gasteiger partial charge in [-0.05, 0) is 38.0 Å². The van der Waals surface area contributed by atoms with Gasteiger partial charge in [-0.15, -0.1) is 0 Å². The van der Waals surface area contributed by atoms with Crippen molar-refractivity contribution in [2.45, 2.75) is 53.4 Å². The highest BCUT2D eigenvalue weighted by Gasteiger charge is 2.65. The van der Waals surface area contributed by atoms with E-state index >= 15 is 0 Å². The van der Waals surface area contributed by atoms with E-state index in [-0.39, 0.29) is 17.2 Å². The fourth-order valence-corrected chi connectivity index (χ4v) is 3.77. The Hall–Kier alpha value is -0.900. The molecule has 1 aliphatic carbocycles. The summed E-state index contributed by atoms with van der Waals surface area (Å²) in [4.78, 5) is 25.2. The third-order valence-electron chi connectivity index (χ3n) is 4.69. The molecule has 0 aromatic heterocycles. The van der Waals surface area contributed by atoms with Crippen LogP contribution in [0.1, 0.15) is 53.4 Å². The van der Waals surface area contributed by atoms with Crippen LogP contribution in [0.25, 0.3) is 0 Å². The summed E-state index contributed by atoms with van der Waals surface area (Å²) in [5.74, 6) is -0.294. The van der Waals surface area contributed by atoms with Crippen molar-refractivity contribution in [2.24, 2.45) is 16.2 Å². The Labute approximate surface area is 121 Å². The Morgan fingerprint density at radius 3 is 2.15 bits per heavy atom. The molecular formula is C16H26O4. The molecule has 1 saturated heterocycles. The molecule has 1 aliphatic heterocycles. The summed E-state index contributed by atoms with van der Waals surface area (Å²) < 4.78 is 10.6. The second-order valence-electron chi connectivity index (χ2n) is 7.35. The van der Waals surface area contributed by atoms with Crippen LogP contribution in [-0.2, 0) is 19.1 Å². The maximum absolute atomic E-state index is 12.8.